The molecule has 0 saturated carbocycles. The first-order valence-corrected chi connectivity index (χ1v) is 6.95. The first kappa shape index (κ1) is 15.0. The van der Waals surface area contributed by atoms with Crippen LogP contribution in [-0.2, 0) is 7.05 Å². The minimum Gasteiger partial charge on any atom is -0.478 e. The van der Waals surface area contributed by atoms with E-state index in [1.54, 1.807) is 17.8 Å². The van der Waals surface area contributed by atoms with E-state index in [1.807, 2.05) is 19.9 Å². The van der Waals surface area contributed by atoms with Crippen LogP contribution in [0.3, 0.4) is 0 Å². The summed E-state index contributed by atoms with van der Waals surface area (Å²) in [6.45, 7) is 3.72. The fraction of sp³-hybridized carbons (Fsp3) is 0.188. The number of hydrogen-bond acceptors (Lipinski definition) is 4. The van der Waals surface area contributed by atoms with Crippen LogP contribution in [0.2, 0.25) is 0 Å². The lowest BCUT2D eigenvalue weighted by Gasteiger charge is -2.13. The molecule has 0 amide bonds. The van der Waals surface area contributed by atoms with E-state index in [0.29, 0.717) is 11.3 Å². The topological polar surface area (TPSA) is 80.0 Å². The van der Waals surface area contributed by atoms with Crippen LogP contribution in [0.25, 0.3) is 11.0 Å². The molecule has 0 saturated heterocycles. The molecule has 2 heterocycles. The lowest BCUT2D eigenvalue weighted by atomic mass is 10.1. The number of aryl methyl sites for hydroxylation is 3. The number of fused-ring (bicyclic) bond motifs is 1. The Kier molecular flexibility index (Phi) is 3.48. The van der Waals surface area contributed by atoms with Crippen molar-refractivity contribution in [2.24, 2.45) is 7.05 Å². The van der Waals surface area contributed by atoms with Crippen LogP contribution in [0.1, 0.15) is 21.5 Å². The van der Waals surface area contributed by atoms with Gasteiger partial charge in [-0.3, -0.25) is 0 Å². The van der Waals surface area contributed by atoms with Gasteiger partial charge in [0, 0.05) is 13.2 Å². The van der Waals surface area contributed by atoms with E-state index in [9.17, 15) is 14.3 Å². The second kappa shape index (κ2) is 5.35. The Bertz CT molecular complexity index is 933. The number of nitrogens with zero attached hydrogens (tertiary/aromatic N) is 3. The van der Waals surface area contributed by atoms with Crippen LogP contribution in [-0.4, -0.2) is 25.6 Å². The quantitative estimate of drug-likeness (QED) is 0.776. The Morgan fingerprint density at radius 3 is 2.70 bits per heavy atom. The Morgan fingerprint density at radius 2 is 2.04 bits per heavy atom. The molecule has 0 atom stereocenters. The maximum Gasteiger partial charge on any atom is 0.338 e. The molecule has 3 aromatic rings. The van der Waals surface area contributed by atoms with Crippen molar-refractivity contribution in [1.82, 2.24) is 14.5 Å². The van der Waals surface area contributed by atoms with Gasteiger partial charge in [0.15, 0.2) is 5.82 Å². The van der Waals surface area contributed by atoms with Crippen molar-refractivity contribution in [3.05, 3.63) is 47.2 Å². The lowest BCUT2D eigenvalue weighted by molar-refractivity contribution is 0.0697. The third kappa shape index (κ3) is 2.50. The maximum atomic E-state index is 14.8. The van der Waals surface area contributed by atoms with Crippen molar-refractivity contribution in [3.8, 4) is 0 Å². The van der Waals surface area contributed by atoms with Gasteiger partial charge in [-0.05, 0) is 31.0 Å². The molecule has 0 bridgehead atoms. The van der Waals surface area contributed by atoms with Gasteiger partial charge in [0.1, 0.15) is 11.3 Å². The van der Waals surface area contributed by atoms with Gasteiger partial charge in [-0.1, -0.05) is 6.07 Å². The number of carbonyl (C=O) groups is 1. The molecule has 7 heteroatoms. The number of nitrogens with one attached hydrogen (secondary N) is 1. The number of carboxylic acids is 1. The molecular formula is C16H15FN4O2. The van der Waals surface area contributed by atoms with E-state index in [-0.39, 0.29) is 16.8 Å². The molecule has 0 fully saturated rings. The maximum absolute atomic E-state index is 14.8. The van der Waals surface area contributed by atoms with E-state index in [0.717, 1.165) is 11.1 Å². The zero-order valence-electron chi connectivity index (χ0n) is 12.9. The highest BCUT2D eigenvalue weighted by Crippen LogP contribution is 2.31. The number of rotatable bonds is 3. The average Bonchev–Trinajstić information content (AvgIpc) is 2.85. The highest BCUT2D eigenvalue weighted by molar-refractivity contribution is 6.00. The van der Waals surface area contributed by atoms with Crippen molar-refractivity contribution < 1.29 is 14.3 Å². The van der Waals surface area contributed by atoms with E-state index in [4.69, 9.17) is 0 Å². The Balaban J connectivity index is 2.21. The van der Waals surface area contributed by atoms with Crippen LogP contribution in [0.5, 0.6) is 0 Å². The molecule has 1 aromatic carbocycles. The van der Waals surface area contributed by atoms with Crippen molar-refractivity contribution in [3.63, 3.8) is 0 Å². The minimum absolute atomic E-state index is 0.116. The Morgan fingerprint density at radius 1 is 1.30 bits per heavy atom. The van der Waals surface area contributed by atoms with E-state index in [2.05, 4.69) is 15.3 Å². The van der Waals surface area contributed by atoms with E-state index >= 15 is 0 Å². The lowest BCUT2D eigenvalue weighted by Crippen LogP contribution is -2.08. The van der Waals surface area contributed by atoms with Gasteiger partial charge < -0.3 is 15.0 Å². The van der Waals surface area contributed by atoms with Crippen LogP contribution in [0.4, 0.5) is 15.9 Å². The summed E-state index contributed by atoms with van der Waals surface area (Å²) in [4.78, 5) is 19.7. The fourth-order valence-electron chi connectivity index (χ4n) is 2.48. The van der Waals surface area contributed by atoms with Gasteiger partial charge in [0.05, 0.1) is 23.1 Å². The number of anilines is 2. The van der Waals surface area contributed by atoms with Crippen LogP contribution in [0, 0.1) is 19.7 Å². The molecule has 6 nitrogen and oxygen atoms in total. The standard InChI is InChI=1S/C16H15FN4O2/c1-8-4-9(2)15(18-6-8)20-13-10(16(22)23)5-11-14(12(13)17)19-7-21(11)3/h4-7H,1-3H3,(H,18,20)(H,22,23). The first-order valence-electron chi connectivity index (χ1n) is 6.95. The van der Waals surface area contributed by atoms with Gasteiger partial charge >= 0.3 is 5.97 Å². The summed E-state index contributed by atoms with van der Waals surface area (Å²) in [5, 5.41) is 12.2. The van der Waals surface area contributed by atoms with Crippen molar-refractivity contribution in [2.75, 3.05) is 5.32 Å². The molecule has 0 unspecified atom stereocenters. The monoisotopic (exact) mass is 314 g/mol. The van der Waals surface area contributed by atoms with Crippen molar-refractivity contribution >= 4 is 28.5 Å². The molecule has 23 heavy (non-hydrogen) atoms. The molecule has 2 N–H and O–H groups in total. The summed E-state index contributed by atoms with van der Waals surface area (Å²) in [7, 11) is 1.68. The van der Waals surface area contributed by atoms with Crippen LogP contribution in [0.15, 0.2) is 24.7 Å². The summed E-state index contributed by atoms with van der Waals surface area (Å²) in [6.07, 6.45) is 3.07. The third-order valence-electron chi connectivity index (χ3n) is 3.65. The fourth-order valence-corrected chi connectivity index (χ4v) is 2.48. The number of benzene rings is 1. The van der Waals surface area contributed by atoms with Gasteiger partial charge in [0.25, 0.3) is 0 Å². The minimum atomic E-state index is -1.22. The highest BCUT2D eigenvalue weighted by Gasteiger charge is 2.21. The molecule has 0 aliphatic heterocycles. The van der Waals surface area contributed by atoms with Crippen LogP contribution < -0.4 is 5.32 Å². The summed E-state index contributed by atoms with van der Waals surface area (Å²) in [5.74, 6) is -1.52. The number of aromatic nitrogens is 3. The first-order chi connectivity index (χ1) is 10.9. The average molecular weight is 314 g/mol. The molecule has 0 aliphatic carbocycles. The van der Waals surface area contributed by atoms with Gasteiger partial charge in [0.2, 0.25) is 0 Å². The van der Waals surface area contributed by atoms with Crippen molar-refractivity contribution in [2.45, 2.75) is 13.8 Å². The van der Waals surface area contributed by atoms with Gasteiger partial charge in [-0.25, -0.2) is 19.2 Å². The smallest absolute Gasteiger partial charge is 0.338 e. The van der Waals surface area contributed by atoms with E-state index in [1.165, 1.54) is 12.4 Å². The second-order valence-electron chi connectivity index (χ2n) is 5.44. The number of pyridine rings is 1. The number of halogens is 1. The molecule has 2 aromatic heterocycles. The van der Waals surface area contributed by atoms with Crippen molar-refractivity contribution in [1.29, 1.82) is 0 Å². The van der Waals surface area contributed by atoms with Gasteiger partial charge in [-0.15, -0.1) is 0 Å². The number of imidazole rings is 1. The number of carboxylic acid groups (broad SMARTS) is 1. The number of hydrogen-bond donors (Lipinski definition) is 2. The highest BCUT2D eigenvalue weighted by atomic mass is 19.1. The number of aromatic carboxylic acids is 1. The normalized spacial score (nSPS) is 11.0. The summed E-state index contributed by atoms with van der Waals surface area (Å²) < 4.78 is 16.3. The Hall–Kier alpha value is -2.96. The molecule has 0 aliphatic rings. The molecule has 0 spiro atoms. The molecule has 0 radical (unpaired) electrons. The zero-order valence-corrected chi connectivity index (χ0v) is 12.9. The SMILES string of the molecule is Cc1cnc(Nc2c(C(=O)O)cc3c(ncn3C)c2F)c(C)c1. The third-order valence-corrected chi connectivity index (χ3v) is 3.65. The van der Waals surface area contributed by atoms with E-state index < -0.39 is 11.8 Å². The zero-order chi connectivity index (χ0) is 16.7. The second-order valence-corrected chi connectivity index (χ2v) is 5.44. The molecular weight excluding hydrogens is 299 g/mol. The molecule has 118 valence electrons. The summed E-state index contributed by atoms with van der Waals surface area (Å²) in [5.41, 5.74) is 1.99. The predicted molar refractivity (Wildman–Crippen MR) is 84.6 cm³/mol. The molecule has 3 rings (SSSR count). The van der Waals surface area contributed by atoms with Crippen LogP contribution >= 0.6 is 0 Å². The summed E-state index contributed by atoms with van der Waals surface area (Å²) in [6, 6.07) is 3.28. The van der Waals surface area contributed by atoms with Gasteiger partial charge in [-0.2, -0.15) is 0 Å². The predicted octanol–water partition coefficient (Wildman–Crippen LogP) is 3.17. The summed E-state index contributed by atoms with van der Waals surface area (Å²) >= 11 is 0. The Labute approximate surface area is 131 Å². The largest absolute Gasteiger partial charge is 0.478 e.